The summed E-state index contributed by atoms with van der Waals surface area (Å²) < 4.78 is 53.3. The lowest BCUT2D eigenvalue weighted by molar-refractivity contribution is -0.154. The molecular weight excluding hydrogens is 262 g/mol. The van der Waals surface area contributed by atoms with Crippen LogP contribution in [-0.4, -0.2) is 42.2 Å². The average Bonchev–Trinajstić information content (AvgIpc) is 2.24. The fraction of sp³-hybridized carbons (Fsp3) is 0.556. The van der Waals surface area contributed by atoms with E-state index in [-0.39, 0.29) is 6.61 Å². The first-order valence-electron chi connectivity index (χ1n) is 4.63. The number of carbonyl (C=O) groups is 2. The summed E-state index contributed by atoms with van der Waals surface area (Å²) in [5, 5.41) is 10.1. The molecule has 1 unspecified atom stereocenters. The highest BCUT2D eigenvalue weighted by Gasteiger charge is 2.45. The highest BCUT2D eigenvalue weighted by molar-refractivity contribution is 5.79. The van der Waals surface area contributed by atoms with E-state index in [4.69, 9.17) is 5.11 Å². The second-order valence-corrected chi connectivity index (χ2v) is 3.19. The van der Waals surface area contributed by atoms with Gasteiger partial charge in [0.05, 0.1) is 0 Å². The second-order valence-electron chi connectivity index (χ2n) is 3.19. The molecule has 0 spiro atoms. The van der Waals surface area contributed by atoms with Crippen LogP contribution >= 0.6 is 0 Å². The van der Waals surface area contributed by atoms with E-state index in [0.717, 1.165) is 6.08 Å². The third-order valence-electron chi connectivity index (χ3n) is 1.72. The molecule has 0 rings (SSSR count). The van der Waals surface area contributed by atoms with Crippen LogP contribution in [0.15, 0.2) is 12.7 Å². The number of amides is 1. The van der Waals surface area contributed by atoms with Crippen molar-refractivity contribution >= 4 is 12.1 Å². The monoisotopic (exact) mass is 273 g/mol. The fourth-order valence-corrected chi connectivity index (χ4v) is 0.880. The lowest BCUT2D eigenvalue weighted by atomic mass is 10.1. The summed E-state index contributed by atoms with van der Waals surface area (Å²) in [6, 6.07) is -2.17. The van der Waals surface area contributed by atoms with Crippen LogP contribution in [0.4, 0.5) is 22.4 Å². The van der Waals surface area contributed by atoms with E-state index in [2.05, 4.69) is 11.3 Å². The topological polar surface area (TPSA) is 75.6 Å². The summed E-state index contributed by atoms with van der Waals surface area (Å²) in [4.78, 5) is 21.4. The minimum absolute atomic E-state index is 0.274. The quantitative estimate of drug-likeness (QED) is 0.546. The Kier molecular flexibility index (Phi) is 6.14. The molecular formula is C9H11F4NO4. The van der Waals surface area contributed by atoms with Gasteiger partial charge in [0, 0.05) is 6.42 Å². The van der Waals surface area contributed by atoms with Gasteiger partial charge in [-0.2, -0.15) is 0 Å². The van der Waals surface area contributed by atoms with Gasteiger partial charge >= 0.3 is 24.4 Å². The molecule has 18 heavy (non-hydrogen) atoms. The standard InChI is InChI=1S/C9H11F4NO4/c1-2-3-18-8(17)14-5(6(15)16)4-9(12,13)7(10)11/h2,5,7H,1,3-4H2,(H,14,17)(H,15,16). The Labute approximate surface area is 99.4 Å². The van der Waals surface area contributed by atoms with Crippen molar-refractivity contribution in [1.82, 2.24) is 5.32 Å². The van der Waals surface area contributed by atoms with Gasteiger partial charge in [-0.25, -0.2) is 27.2 Å². The number of alkyl halides is 4. The Balaban J connectivity index is 4.54. The molecule has 1 atom stereocenters. The van der Waals surface area contributed by atoms with Crippen LogP contribution in [0.1, 0.15) is 6.42 Å². The van der Waals surface area contributed by atoms with Gasteiger partial charge in [0.15, 0.2) is 0 Å². The molecule has 0 heterocycles. The van der Waals surface area contributed by atoms with Gasteiger partial charge in [0.1, 0.15) is 12.6 Å². The van der Waals surface area contributed by atoms with Crippen LogP contribution in [0, 0.1) is 0 Å². The summed E-state index contributed by atoms with van der Waals surface area (Å²) in [7, 11) is 0. The number of hydrogen-bond acceptors (Lipinski definition) is 3. The molecule has 0 fully saturated rings. The predicted octanol–water partition coefficient (Wildman–Crippen LogP) is 1.64. The summed E-state index contributed by atoms with van der Waals surface area (Å²) >= 11 is 0. The number of halogens is 4. The average molecular weight is 273 g/mol. The first-order chi connectivity index (χ1) is 8.20. The maximum Gasteiger partial charge on any atom is 0.408 e. The van der Waals surface area contributed by atoms with Crippen LogP contribution in [0.3, 0.4) is 0 Å². The van der Waals surface area contributed by atoms with Crippen LogP contribution in [0.25, 0.3) is 0 Å². The Bertz CT molecular complexity index is 322. The number of rotatable bonds is 7. The number of carboxylic acid groups (broad SMARTS) is 1. The van der Waals surface area contributed by atoms with Crippen molar-refractivity contribution < 1.29 is 37.0 Å². The van der Waals surface area contributed by atoms with Gasteiger partial charge < -0.3 is 15.2 Å². The van der Waals surface area contributed by atoms with Crippen molar-refractivity contribution in [2.45, 2.75) is 24.8 Å². The molecule has 0 aromatic heterocycles. The van der Waals surface area contributed by atoms with Gasteiger partial charge in [-0.1, -0.05) is 12.7 Å². The summed E-state index contributed by atoms with van der Waals surface area (Å²) in [6.07, 6.45) is -5.91. The second kappa shape index (κ2) is 6.82. The molecule has 0 aliphatic rings. The highest BCUT2D eigenvalue weighted by Crippen LogP contribution is 2.28. The van der Waals surface area contributed by atoms with Crippen molar-refractivity contribution in [3.63, 3.8) is 0 Å². The van der Waals surface area contributed by atoms with Gasteiger partial charge in [-0.05, 0) is 0 Å². The third kappa shape index (κ3) is 5.51. The van der Waals surface area contributed by atoms with E-state index in [1.54, 1.807) is 5.32 Å². The van der Waals surface area contributed by atoms with E-state index in [0.29, 0.717) is 0 Å². The lowest BCUT2D eigenvalue weighted by Gasteiger charge is -2.20. The number of carbonyl (C=O) groups excluding carboxylic acids is 1. The van der Waals surface area contributed by atoms with Gasteiger partial charge in [-0.3, -0.25) is 0 Å². The molecule has 1 amide bonds. The molecule has 0 aromatic rings. The van der Waals surface area contributed by atoms with Crippen LogP contribution in [0.2, 0.25) is 0 Å². The fourth-order valence-electron chi connectivity index (χ4n) is 0.880. The Morgan fingerprint density at radius 2 is 2.00 bits per heavy atom. The van der Waals surface area contributed by atoms with Crippen molar-refractivity contribution in [2.75, 3.05) is 6.61 Å². The predicted molar refractivity (Wildman–Crippen MR) is 51.7 cm³/mol. The largest absolute Gasteiger partial charge is 0.480 e. The lowest BCUT2D eigenvalue weighted by Crippen LogP contribution is -2.46. The first-order valence-corrected chi connectivity index (χ1v) is 4.63. The molecule has 0 aliphatic heterocycles. The molecule has 0 saturated heterocycles. The zero-order chi connectivity index (χ0) is 14.3. The Morgan fingerprint density at radius 3 is 2.39 bits per heavy atom. The number of aliphatic carboxylic acids is 1. The molecule has 5 nitrogen and oxygen atoms in total. The van der Waals surface area contributed by atoms with Gasteiger partial charge in [0.25, 0.3) is 0 Å². The van der Waals surface area contributed by atoms with Gasteiger partial charge in [0.2, 0.25) is 0 Å². The number of nitrogens with one attached hydrogen (secondary N) is 1. The highest BCUT2D eigenvalue weighted by atomic mass is 19.3. The third-order valence-corrected chi connectivity index (χ3v) is 1.72. The Morgan fingerprint density at radius 1 is 1.44 bits per heavy atom. The maximum absolute atomic E-state index is 12.6. The number of ether oxygens (including phenoxy) is 1. The molecule has 0 saturated carbocycles. The van der Waals surface area contributed by atoms with E-state index < -0.39 is 36.9 Å². The van der Waals surface area contributed by atoms with Crippen LogP contribution < -0.4 is 5.32 Å². The molecule has 0 radical (unpaired) electrons. The zero-order valence-corrected chi connectivity index (χ0v) is 9.04. The minimum Gasteiger partial charge on any atom is -0.480 e. The molecule has 9 heteroatoms. The van der Waals surface area contributed by atoms with Crippen molar-refractivity contribution in [1.29, 1.82) is 0 Å². The zero-order valence-electron chi connectivity index (χ0n) is 9.04. The van der Waals surface area contributed by atoms with E-state index >= 15 is 0 Å². The van der Waals surface area contributed by atoms with E-state index in [1.165, 1.54) is 0 Å². The Hall–Kier alpha value is -1.80. The minimum atomic E-state index is -4.52. The SMILES string of the molecule is C=CCOC(=O)NC(CC(F)(F)C(F)F)C(=O)O. The molecule has 0 bridgehead atoms. The van der Waals surface area contributed by atoms with Crippen LogP contribution in [-0.2, 0) is 9.53 Å². The van der Waals surface area contributed by atoms with E-state index in [9.17, 15) is 27.2 Å². The normalized spacial score (nSPS) is 12.9. The van der Waals surface area contributed by atoms with Crippen molar-refractivity contribution in [3.05, 3.63) is 12.7 Å². The number of hydrogen-bond donors (Lipinski definition) is 2. The van der Waals surface area contributed by atoms with Crippen molar-refractivity contribution in [2.24, 2.45) is 0 Å². The summed E-state index contributed by atoms with van der Waals surface area (Å²) in [6.45, 7) is 2.91. The molecule has 2 N–H and O–H groups in total. The molecule has 104 valence electrons. The summed E-state index contributed by atoms with van der Waals surface area (Å²) in [5.74, 6) is -6.39. The van der Waals surface area contributed by atoms with Crippen molar-refractivity contribution in [3.8, 4) is 0 Å². The van der Waals surface area contributed by atoms with Gasteiger partial charge in [-0.15, -0.1) is 0 Å². The molecule has 0 aliphatic carbocycles. The first kappa shape index (κ1) is 16.2. The van der Waals surface area contributed by atoms with Crippen LogP contribution in [0.5, 0.6) is 0 Å². The molecule has 0 aromatic carbocycles. The van der Waals surface area contributed by atoms with E-state index in [1.807, 2.05) is 0 Å². The smallest absolute Gasteiger partial charge is 0.408 e. The maximum atomic E-state index is 12.6. The number of alkyl carbamates (subject to hydrolysis) is 1. The summed E-state index contributed by atoms with van der Waals surface area (Å²) in [5.41, 5.74) is 0. The number of carboxylic acids is 1.